The first kappa shape index (κ1) is 10.6. The number of hydrogen-bond donors (Lipinski definition) is 0. The topological polar surface area (TPSA) is 52.3 Å². The Morgan fingerprint density at radius 1 is 1.56 bits per heavy atom. The fourth-order valence-electron chi connectivity index (χ4n) is 1.36. The molecule has 16 heavy (non-hydrogen) atoms. The first-order valence-corrected chi connectivity index (χ1v) is 4.89. The summed E-state index contributed by atoms with van der Waals surface area (Å²) < 4.78 is 22.8. The molecule has 1 aromatic carbocycles. The van der Waals surface area contributed by atoms with Gasteiger partial charge < -0.3 is 9.15 Å². The lowest BCUT2D eigenvalue weighted by Crippen LogP contribution is -2.07. The van der Waals surface area contributed by atoms with Gasteiger partial charge in [0.2, 0.25) is 5.89 Å². The number of carbonyl (C=O) groups is 1. The Bertz CT molecular complexity index is 521. The third-order valence-electron chi connectivity index (χ3n) is 2.00. The third kappa shape index (κ3) is 2.18. The normalized spacial score (nSPS) is 10.6. The van der Waals surface area contributed by atoms with E-state index in [1.54, 1.807) is 6.92 Å². The largest absolute Gasteiger partial charge is 0.466 e. The first-order valence-electron chi connectivity index (χ1n) is 4.89. The van der Waals surface area contributed by atoms with Crippen LogP contribution in [0.25, 0.3) is 11.1 Å². The zero-order chi connectivity index (χ0) is 11.5. The molecule has 0 saturated carbocycles. The Morgan fingerprint density at radius 2 is 2.38 bits per heavy atom. The fraction of sp³-hybridized carbons (Fsp3) is 0.273. The number of ether oxygens (including phenoxy) is 1. The Labute approximate surface area is 91.0 Å². The van der Waals surface area contributed by atoms with E-state index in [0.29, 0.717) is 17.7 Å². The molecule has 5 heteroatoms. The molecule has 0 spiro atoms. The quantitative estimate of drug-likeness (QED) is 0.747. The molecule has 0 unspecified atom stereocenters. The lowest BCUT2D eigenvalue weighted by molar-refractivity contribution is -0.142. The summed E-state index contributed by atoms with van der Waals surface area (Å²) in [4.78, 5) is 15.2. The van der Waals surface area contributed by atoms with Crippen molar-refractivity contribution in [1.29, 1.82) is 0 Å². The SMILES string of the molecule is CCOC(=O)Cc1nc2ccc(F)cc2o1. The second-order valence-corrected chi connectivity index (χ2v) is 3.20. The van der Waals surface area contributed by atoms with Crippen LogP contribution in [0.1, 0.15) is 12.8 Å². The van der Waals surface area contributed by atoms with Gasteiger partial charge in [-0.15, -0.1) is 0 Å². The summed E-state index contributed by atoms with van der Waals surface area (Å²) in [6, 6.07) is 4.03. The van der Waals surface area contributed by atoms with Crippen LogP contribution in [0.3, 0.4) is 0 Å². The molecule has 0 fully saturated rings. The number of halogens is 1. The maximum absolute atomic E-state index is 12.8. The van der Waals surface area contributed by atoms with Crippen molar-refractivity contribution >= 4 is 17.1 Å². The molecular formula is C11H10FNO3. The highest BCUT2D eigenvalue weighted by atomic mass is 19.1. The lowest BCUT2D eigenvalue weighted by Gasteiger charge is -1.96. The molecule has 0 N–H and O–H groups in total. The highest BCUT2D eigenvalue weighted by molar-refractivity contribution is 5.75. The summed E-state index contributed by atoms with van der Waals surface area (Å²) in [5.74, 6) is -0.570. The van der Waals surface area contributed by atoms with E-state index in [4.69, 9.17) is 9.15 Å². The molecule has 1 aromatic heterocycles. The molecule has 4 nitrogen and oxygen atoms in total. The lowest BCUT2D eigenvalue weighted by atomic mass is 10.3. The van der Waals surface area contributed by atoms with E-state index in [1.165, 1.54) is 18.2 Å². The van der Waals surface area contributed by atoms with E-state index >= 15 is 0 Å². The molecular weight excluding hydrogens is 213 g/mol. The van der Waals surface area contributed by atoms with Crippen molar-refractivity contribution < 1.29 is 18.3 Å². The number of rotatable bonds is 3. The average Bonchev–Trinajstić information content (AvgIpc) is 2.59. The maximum Gasteiger partial charge on any atom is 0.315 e. The average molecular weight is 223 g/mol. The third-order valence-corrected chi connectivity index (χ3v) is 2.00. The van der Waals surface area contributed by atoms with Crippen LogP contribution in [-0.2, 0) is 16.0 Å². The van der Waals surface area contributed by atoms with Crippen molar-refractivity contribution in [3.63, 3.8) is 0 Å². The molecule has 2 rings (SSSR count). The Morgan fingerprint density at radius 3 is 3.12 bits per heavy atom. The van der Waals surface area contributed by atoms with Gasteiger partial charge in [0, 0.05) is 6.07 Å². The van der Waals surface area contributed by atoms with Crippen LogP contribution in [0, 0.1) is 5.82 Å². The van der Waals surface area contributed by atoms with Gasteiger partial charge >= 0.3 is 5.97 Å². The van der Waals surface area contributed by atoms with Crippen LogP contribution in [-0.4, -0.2) is 17.6 Å². The Balaban J connectivity index is 2.23. The van der Waals surface area contributed by atoms with E-state index in [1.807, 2.05) is 0 Å². The fourth-order valence-corrected chi connectivity index (χ4v) is 1.36. The molecule has 1 heterocycles. The van der Waals surface area contributed by atoms with Crippen LogP contribution >= 0.6 is 0 Å². The smallest absolute Gasteiger partial charge is 0.315 e. The summed E-state index contributed by atoms with van der Waals surface area (Å²) in [7, 11) is 0. The van der Waals surface area contributed by atoms with Crippen molar-refractivity contribution in [2.24, 2.45) is 0 Å². The Hall–Kier alpha value is -1.91. The van der Waals surface area contributed by atoms with E-state index in [0.717, 1.165) is 0 Å². The molecule has 0 atom stereocenters. The molecule has 0 saturated heterocycles. The van der Waals surface area contributed by atoms with Crippen molar-refractivity contribution in [2.45, 2.75) is 13.3 Å². The Kier molecular flexibility index (Phi) is 2.85. The number of esters is 1. The summed E-state index contributed by atoms with van der Waals surface area (Å²) in [6.45, 7) is 2.03. The minimum Gasteiger partial charge on any atom is -0.466 e. The summed E-state index contributed by atoms with van der Waals surface area (Å²) in [5.41, 5.74) is 0.861. The second kappa shape index (κ2) is 4.30. The first-order chi connectivity index (χ1) is 7.69. The van der Waals surface area contributed by atoms with Crippen LogP contribution in [0.5, 0.6) is 0 Å². The van der Waals surface area contributed by atoms with Gasteiger partial charge in [0.25, 0.3) is 0 Å². The van der Waals surface area contributed by atoms with Crippen LogP contribution < -0.4 is 0 Å². The maximum atomic E-state index is 12.8. The number of hydrogen-bond acceptors (Lipinski definition) is 4. The summed E-state index contributed by atoms with van der Waals surface area (Å²) in [5, 5.41) is 0. The number of fused-ring (bicyclic) bond motifs is 1. The molecule has 0 radical (unpaired) electrons. The van der Waals surface area contributed by atoms with Gasteiger partial charge in [-0.3, -0.25) is 4.79 Å². The minimum atomic E-state index is -0.408. The predicted octanol–water partition coefficient (Wildman–Crippen LogP) is 2.07. The number of oxazole rings is 1. The van der Waals surface area contributed by atoms with Crippen LogP contribution in [0.15, 0.2) is 22.6 Å². The van der Waals surface area contributed by atoms with Gasteiger partial charge in [0.15, 0.2) is 5.58 Å². The summed E-state index contributed by atoms with van der Waals surface area (Å²) >= 11 is 0. The second-order valence-electron chi connectivity index (χ2n) is 3.20. The summed E-state index contributed by atoms with van der Waals surface area (Å²) in [6.07, 6.45) is -0.0376. The van der Waals surface area contributed by atoms with Gasteiger partial charge in [-0.25, -0.2) is 9.37 Å². The van der Waals surface area contributed by atoms with E-state index in [-0.39, 0.29) is 12.3 Å². The number of carbonyl (C=O) groups excluding carboxylic acids is 1. The number of benzene rings is 1. The van der Waals surface area contributed by atoms with Crippen molar-refractivity contribution in [2.75, 3.05) is 6.61 Å². The standard InChI is InChI=1S/C11H10FNO3/c1-2-15-11(14)6-10-13-8-4-3-7(12)5-9(8)16-10/h3-5H,2,6H2,1H3. The predicted molar refractivity (Wildman–Crippen MR) is 54.3 cm³/mol. The number of aromatic nitrogens is 1. The minimum absolute atomic E-state index is 0.0376. The molecule has 0 aliphatic rings. The van der Waals surface area contributed by atoms with Gasteiger partial charge in [0.1, 0.15) is 17.8 Å². The highest BCUT2D eigenvalue weighted by Crippen LogP contribution is 2.17. The molecule has 0 amide bonds. The monoisotopic (exact) mass is 223 g/mol. The van der Waals surface area contributed by atoms with Gasteiger partial charge in [-0.1, -0.05) is 0 Å². The van der Waals surface area contributed by atoms with Gasteiger partial charge in [-0.05, 0) is 19.1 Å². The number of nitrogens with zero attached hydrogens (tertiary/aromatic N) is 1. The molecule has 0 bridgehead atoms. The molecule has 0 aliphatic carbocycles. The van der Waals surface area contributed by atoms with E-state index in [2.05, 4.69) is 4.98 Å². The zero-order valence-corrected chi connectivity index (χ0v) is 8.70. The van der Waals surface area contributed by atoms with Crippen molar-refractivity contribution in [1.82, 2.24) is 4.98 Å². The highest BCUT2D eigenvalue weighted by Gasteiger charge is 2.11. The van der Waals surface area contributed by atoms with Crippen molar-refractivity contribution in [3.8, 4) is 0 Å². The molecule has 84 valence electrons. The van der Waals surface area contributed by atoms with Gasteiger partial charge in [-0.2, -0.15) is 0 Å². The van der Waals surface area contributed by atoms with Gasteiger partial charge in [0.05, 0.1) is 6.61 Å². The van der Waals surface area contributed by atoms with E-state index < -0.39 is 11.8 Å². The van der Waals surface area contributed by atoms with Crippen molar-refractivity contribution in [3.05, 3.63) is 29.9 Å². The van der Waals surface area contributed by atoms with Crippen LogP contribution in [0.4, 0.5) is 4.39 Å². The molecule has 2 aromatic rings. The van der Waals surface area contributed by atoms with E-state index in [9.17, 15) is 9.18 Å². The molecule has 0 aliphatic heterocycles. The van der Waals surface area contributed by atoms with Crippen LogP contribution in [0.2, 0.25) is 0 Å². The zero-order valence-electron chi connectivity index (χ0n) is 8.70.